The minimum absolute atomic E-state index is 0.0539. The van der Waals surface area contributed by atoms with Crippen molar-refractivity contribution in [2.75, 3.05) is 6.61 Å². The molecule has 0 saturated carbocycles. The molecular weight excluding hydrogens is 384 g/mol. The van der Waals surface area contributed by atoms with Crippen molar-refractivity contribution in [1.29, 1.82) is 0 Å². The summed E-state index contributed by atoms with van der Waals surface area (Å²) < 4.78 is 12.0. The maximum absolute atomic E-state index is 12.7. The molecule has 3 unspecified atom stereocenters. The first-order valence-electron chi connectivity index (χ1n) is 11.0. The number of hydrogen-bond donors (Lipinski definition) is 0. The Kier molecular flexibility index (Phi) is 9.96. The van der Waals surface area contributed by atoms with Gasteiger partial charge in [0.2, 0.25) is 5.79 Å². The molecule has 0 aliphatic heterocycles. The van der Waals surface area contributed by atoms with Crippen LogP contribution in [0.3, 0.4) is 0 Å². The molecule has 0 N–H and O–H groups in total. The molecule has 0 bridgehead atoms. The predicted octanol–water partition coefficient (Wildman–Crippen LogP) is 6.91. The Labute approximate surface area is 181 Å². The molecule has 3 nitrogen and oxygen atoms in total. The van der Waals surface area contributed by atoms with Gasteiger partial charge >= 0.3 is 5.97 Å². The quantitative estimate of drug-likeness (QED) is 0.160. The van der Waals surface area contributed by atoms with Crippen LogP contribution in [-0.2, 0) is 14.3 Å². The van der Waals surface area contributed by atoms with E-state index in [2.05, 4.69) is 25.1 Å². The van der Waals surface area contributed by atoms with Crippen molar-refractivity contribution >= 4 is 23.1 Å². The highest BCUT2D eigenvalue weighted by Gasteiger charge is 2.37. The summed E-state index contributed by atoms with van der Waals surface area (Å²) in [5.74, 6) is -1.42. The number of allylic oxidation sites excluding steroid dienone is 2. The van der Waals surface area contributed by atoms with E-state index < -0.39 is 17.1 Å². The second-order valence-corrected chi connectivity index (χ2v) is 8.32. The van der Waals surface area contributed by atoms with Gasteiger partial charge in [-0.2, -0.15) is 0 Å². The summed E-state index contributed by atoms with van der Waals surface area (Å²) in [7, 11) is 0. The summed E-state index contributed by atoms with van der Waals surface area (Å²) >= 11 is 6.34. The van der Waals surface area contributed by atoms with E-state index in [1.165, 1.54) is 19.3 Å². The lowest BCUT2D eigenvalue weighted by atomic mass is 9.96. The molecule has 1 aromatic rings. The first kappa shape index (κ1) is 23.7. The zero-order valence-electron chi connectivity index (χ0n) is 18.0. The van der Waals surface area contributed by atoms with E-state index >= 15 is 0 Å². The van der Waals surface area contributed by atoms with Crippen LogP contribution in [0, 0.1) is 5.92 Å². The van der Waals surface area contributed by atoms with E-state index in [-0.39, 0.29) is 5.92 Å². The molecule has 0 fully saturated rings. The molecule has 0 heterocycles. The van der Waals surface area contributed by atoms with Crippen LogP contribution in [0.15, 0.2) is 48.6 Å². The molecular formula is C25H35ClO3. The van der Waals surface area contributed by atoms with E-state index in [0.29, 0.717) is 13.0 Å². The summed E-state index contributed by atoms with van der Waals surface area (Å²) in [5.41, 5.74) is 2.24. The maximum Gasteiger partial charge on any atom is 0.327 e. The first-order chi connectivity index (χ1) is 14.0. The average molecular weight is 419 g/mol. The van der Waals surface area contributed by atoms with Gasteiger partial charge in [0.25, 0.3) is 0 Å². The Bertz CT molecular complexity index is 683. The monoisotopic (exact) mass is 418 g/mol. The van der Waals surface area contributed by atoms with Crippen molar-refractivity contribution in [3.8, 4) is 0 Å². The van der Waals surface area contributed by atoms with E-state index in [0.717, 1.165) is 30.4 Å². The standard InChI is InChI=1S/C25H35ClO3/c1-4-6-7-8-12-19-28-25(29-24(27)23(26)20(3)5-2)17-15-22(16-18-25)21-13-10-9-11-14-21/h9-11,13-17,20,23H,4-8,12,18-19H2,1-3H3. The summed E-state index contributed by atoms with van der Waals surface area (Å²) in [5, 5.41) is -0.669. The van der Waals surface area contributed by atoms with Gasteiger partial charge in [0, 0.05) is 6.42 Å². The number of unbranched alkanes of at least 4 members (excludes halogenated alkanes) is 4. The van der Waals surface area contributed by atoms with Crippen molar-refractivity contribution in [1.82, 2.24) is 0 Å². The summed E-state index contributed by atoms with van der Waals surface area (Å²) in [6, 6.07) is 10.2. The Morgan fingerprint density at radius 2 is 1.86 bits per heavy atom. The SMILES string of the molecule is CCCCCCCOC1(OC(=O)C(Cl)C(C)CC)C=CC(c2ccccc2)=CC1. The highest BCUT2D eigenvalue weighted by molar-refractivity contribution is 6.30. The number of esters is 1. The lowest BCUT2D eigenvalue weighted by Gasteiger charge is -2.33. The Hall–Kier alpha value is -1.58. The number of hydrogen-bond acceptors (Lipinski definition) is 3. The van der Waals surface area contributed by atoms with Crippen LogP contribution in [-0.4, -0.2) is 23.7 Å². The highest BCUT2D eigenvalue weighted by atomic mass is 35.5. The van der Waals surface area contributed by atoms with E-state index in [1.807, 2.05) is 44.2 Å². The van der Waals surface area contributed by atoms with Gasteiger partial charge in [0.15, 0.2) is 0 Å². The van der Waals surface area contributed by atoms with Crippen molar-refractivity contribution in [3.05, 3.63) is 54.1 Å². The largest absolute Gasteiger partial charge is 0.428 e. The van der Waals surface area contributed by atoms with Crippen LogP contribution >= 0.6 is 11.6 Å². The lowest BCUT2D eigenvalue weighted by molar-refractivity contribution is -0.209. The van der Waals surface area contributed by atoms with Crippen molar-refractivity contribution in [2.24, 2.45) is 5.92 Å². The Morgan fingerprint density at radius 3 is 2.48 bits per heavy atom. The predicted molar refractivity (Wildman–Crippen MR) is 121 cm³/mol. The molecule has 160 valence electrons. The Balaban J connectivity index is 2.05. The number of alkyl halides is 1. The molecule has 0 saturated heterocycles. The molecule has 0 radical (unpaired) electrons. The molecule has 1 aliphatic rings. The third-order valence-corrected chi connectivity index (χ3v) is 6.08. The molecule has 29 heavy (non-hydrogen) atoms. The second kappa shape index (κ2) is 12.2. The van der Waals surface area contributed by atoms with Crippen LogP contribution in [0.4, 0.5) is 0 Å². The molecule has 2 rings (SSSR count). The smallest absolute Gasteiger partial charge is 0.327 e. The van der Waals surface area contributed by atoms with Crippen molar-refractivity contribution in [2.45, 2.75) is 76.9 Å². The van der Waals surface area contributed by atoms with Crippen molar-refractivity contribution < 1.29 is 14.3 Å². The number of benzene rings is 1. The molecule has 4 heteroatoms. The zero-order chi connectivity index (χ0) is 21.1. The van der Waals surface area contributed by atoms with Crippen molar-refractivity contribution in [3.63, 3.8) is 0 Å². The zero-order valence-corrected chi connectivity index (χ0v) is 18.8. The molecule has 1 aliphatic carbocycles. The number of carbonyl (C=O) groups is 1. The molecule has 3 atom stereocenters. The van der Waals surface area contributed by atoms with Crippen LogP contribution in [0.25, 0.3) is 5.57 Å². The normalized spacial score (nSPS) is 20.8. The fourth-order valence-electron chi connectivity index (χ4n) is 3.28. The summed E-state index contributed by atoms with van der Waals surface area (Å²) in [6.07, 6.45) is 13.0. The van der Waals surface area contributed by atoms with E-state index in [1.54, 1.807) is 0 Å². The average Bonchev–Trinajstić information content (AvgIpc) is 2.76. The lowest BCUT2D eigenvalue weighted by Crippen LogP contribution is -2.40. The van der Waals surface area contributed by atoms with Gasteiger partial charge in [0.1, 0.15) is 5.38 Å². The Morgan fingerprint density at radius 1 is 1.14 bits per heavy atom. The van der Waals surface area contributed by atoms with Crippen LogP contribution in [0.5, 0.6) is 0 Å². The van der Waals surface area contributed by atoms with Gasteiger partial charge in [0.05, 0.1) is 6.61 Å². The van der Waals surface area contributed by atoms with Gasteiger partial charge in [-0.05, 0) is 29.6 Å². The van der Waals surface area contributed by atoms with Gasteiger partial charge in [-0.3, -0.25) is 4.79 Å². The summed E-state index contributed by atoms with van der Waals surface area (Å²) in [4.78, 5) is 12.7. The third kappa shape index (κ3) is 7.31. The molecule has 0 aromatic heterocycles. The van der Waals surface area contributed by atoms with Crippen LogP contribution < -0.4 is 0 Å². The molecule has 1 aromatic carbocycles. The fourth-order valence-corrected chi connectivity index (χ4v) is 3.50. The minimum atomic E-state index is -1.07. The fraction of sp³-hybridized carbons (Fsp3) is 0.560. The highest BCUT2D eigenvalue weighted by Crippen LogP contribution is 2.32. The number of halogens is 1. The number of ether oxygens (including phenoxy) is 2. The maximum atomic E-state index is 12.7. The topological polar surface area (TPSA) is 35.5 Å². The molecule has 0 amide bonds. The molecule has 0 spiro atoms. The number of rotatable bonds is 12. The van der Waals surface area contributed by atoms with Gasteiger partial charge < -0.3 is 9.47 Å². The summed E-state index contributed by atoms with van der Waals surface area (Å²) in [6.45, 7) is 6.75. The van der Waals surface area contributed by atoms with Gasteiger partial charge in [-0.25, -0.2) is 0 Å². The van der Waals surface area contributed by atoms with E-state index in [9.17, 15) is 4.79 Å². The minimum Gasteiger partial charge on any atom is -0.428 e. The van der Waals surface area contributed by atoms with Gasteiger partial charge in [-0.15, -0.1) is 11.6 Å². The second-order valence-electron chi connectivity index (χ2n) is 7.85. The first-order valence-corrected chi connectivity index (χ1v) is 11.4. The van der Waals surface area contributed by atoms with Crippen LogP contribution in [0.1, 0.15) is 71.3 Å². The van der Waals surface area contributed by atoms with E-state index in [4.69, 9.17) is 21.1 Å². The van der Waals surface area contributed by atoms with Gasteiger partial charge in [-0.1, -0.05) is 95.4 Å². The number of carbonyl (C=O) groups excluding carboxylic acids is 1. The third-order valence-electron chi connectivity index (χ3n) is 5.47. The van der Waals surface area contributed by atoms with Crippen LogP contribution in [0.2, 0.25) is 0 Å².